The number of allylic oxidation sites excluding steroid dienone is 2. The molecule has 1 aromatic carbocycles. The Bertz CT molecular complexity index is 1590. The zero-order chi connectivity index (χ0) is 28.3. The van der Waals surface area contributed by atoms with Gasteiger partial charge in [-0.1, -0.05) is 40.8 Å². The van der Waals surface area contributed by atoms with Crippen LogP contribution in [0.3, 0.4) is 0 Å². The van der Waals surface area contributed by atoms with Crippen molar-refractivity contribution in [2.75, 3.05) is 11.9 Å². The van der Waals surface area contributed by atoms with Crippen molar-refractivity contribution in [3.05, 3.63) is 101 Å². The maximum absolute atomic E-state index is 6.44. The van der Waals surface area contributed by atoms with Gasteiger partial charge in [-0.05, 0) is 63.6 Å². The van der Waals surface area contributed by atoms with Crippen LogP contribution in [0, 0.1) is 32.6 Å². The molecular formula is C33H38N5OPt-3. The number of anilines is 1. The third-order valence-electron chi connectivity index (χ3n) is 7.93. The van der Waals surface area contributed by atoms with Crippen LogP contribution in [0.2, 0.25) is 0 Å². The summed E-state index contributed by atoms with van der Waals surface area (Å²) in [5.41, 5.74) is 8.93. The number of aryl methyl sites for hydroxylation is 2. The quantitative estimate of drug-likeness (QED) is 0.201. The molecule has 40 heavy (non-hydrogen) atoms. The second-order valence-electron chi connectivity index (χ2n) is 12.0. The Morgan fingerprint density at radius 3 is 2.30 bits per heavy atom. The van der Waals surface area contributed by atoms with Crippen LogP contribution in [0.1, 0.15) is 76.7 Å². The van der Waals surface area contributed by atoms with Gasteiger partial charge in [-0.25, -0.2) is 0 Å². The summed E-state index contributed by atoms with van der Waals surface area (Å²) >= 11 is 0. The molecule has 0 fully saturated rings. The molecule has 0 N–H and O–H groups in total. The molecule has 0 atom stereocenters. The standard InChI is InChI=1S/C33H38N5O.Pt/c1-21-22(2)37-19-28(39-27-13-11-12-26(17-27)38-20-36(10)23(3)24(38)4)18-29(31(37)35-21)33(8,9)30-16-25(14-15-34-30)32(5,6)7;/h11-16,19-20H,1-10H3;/q-3;. The monoisotopic (exact) mass is 715 g/mol. The average Bonchev–Trinajstić information content (AvgIpc) is 3.32. The van der Waals surface area contributed by atoms with E-state index in [0.717, 1.165) is 39.7 Å². The molecule has 3 aromatic heterocycles. The summed E-state index contributed by atoms with van der Waals surface area (Å²) in [5.74, 6) is 1.24. The van der Waals surface area contributed by atoms with E-state index in [4.69, 9.17) is 14.7 Å². The van der Waals surface area contributed by atoms with E-state index in [1.807, 2.05) is 44.6 Å². The van der Waals surface area contributed by atoms with Gasteiger partial charge in [0, 0.05) is 72.6 Å². The molecule has 4 heterocycles. The van der Waals surface area contributed by atoms with Crippen LogP contribution in [-0.2, 0) is 31.9 Å². The molecule has 4 aromatic rings. The summed E-state index contributed by atoms with van der Waals surface area (Å²) < 4.78 is 8.55. The molecule has 0 saturated carbocycles. The molecule has 7 heteroatoms. The minimum atomic E-state index is -0.466. The van der Waals surface area contributed by atoms with Crippen LogP contribution in [0.25, 0.3) is 5.65 Å². The van der Waals surface area contributed by atoms with E-state index in [1.165, 1.54) is 11.3 Å². The van der Waals surface area contributed by atoms with Gasteiger partial charge < -0.3 is 18.9 Å². The number of aromatic nitrogens is 3. The molecule has 0 bridgehead atoms. The summed E-state index contributed by atoms with van der Waals surface area (Å²) in [4.78, 5) is 14.0. The number of rotatable bonds is 5. The minimum Gasteiger partial charge on any atom is -0.508 e. The molecule has 6 nitrogen and oxygen atoms in total. The Labute approximate surface area is 253 Å². The van der Waals surface area contributed by atoms with Crippen molar-refractivity contribution in [3.8, 4) is 11.5 Å². The normalized spacial score (nSPS) is 14.2. The van der Waals surface area contributed by atoms with E-state index in [1.54, 1.807) is 0 Å². The van der Waals surface area contributed by atoms with E-state index in [2.05, 4.69) is 101 Å². The molecule has 0 aliphatic carbocycles. The number of ether oxygens (including phenoxy) is 1. The number of fused-ring (bicyclic) bond motifs is 1. The van der Waals surface area contributed by atoms with Gasteiger partial charge in [-0.2, -0.15) is 12.7 Å². The molecule has 5 rings (SSSR count). The van der Waals surface area contributed by atoms with E-state index in [-0.39, 0.29) is 26.5 Å². The summed E-state index contributed by atoms with van der Waals surface area (Å²) in [6.45, 7) is 21.4. The molecule has 214 valence electrons. The van der Waals surface area contributed by atoms with Gasteiger partial charge in [0.1, 0.15) is 0 Å². The largest absolute Gasteiger partial charge is 0.508 e. The molecule has 0 unspecified atom stereocenters. The second kappa shape index (κ2) is 10.7. The van der Waals surface area contributed by atoms with Crippen LogP contribution in [-0.4, -0.2) is 26.3 Å². The Hall–Kier alpha value is -3.11. The Morgan fingerprint density at radius 1 is 0.925 bits per heavy atom. The average molecular weight is 716 g/mol. The van der Waals surface area contributed by atoms with Crippen LogP contribution in [0.15, 0.2) is 54.1 Å². The van der Waals surface area contributed by atoms with Crippen LogP contribution >= 0.6 is 0 Å². The van der Waals surface area contributed by atoms with Gasteiger partial charge in [0.25, 0.3) is 0 Å². The van der Waals surface area contributed by atoms with Gasteiger partial charge in [-0.3, -0.25) is 9.97 Å². The first-order valence-corrected chi connectivity index (χ1v) is 13.4. The topological polar surface area (TPSA) is 45.9 Å². The third-order valence-corrected chi connectivity index (χ3v) is 7.93. The van der Waals surface area contributed by atoms with E-state index >= 15 is 0 Å². The Morgan fingerprint density at radius 2 is 1.65 bits per heavy atom. The van der Waals surface area contributed by atoms with Crippen molar-refractivity contribution in [1.29, 1.82) is 0 Å². The van der Waals surface area contributed by atoms with Gasteiger partial charge in [0.15, 0.2) is 0 Å². The summed E-state index contributed by atoms with van der Waals surface area (Å²) in [7, 11) is 2.05. The van der Waals surface area contributed by atoms with Gasteiger partial charge in [-0.15, -0.1) is 35.5 Å². The minimum absolute atomic E-state index is 0. The molecule has 0 spiro atoms. The third kappa shape index (κ3) is 5.31. The van der Waals surface area contributed by atoms with E-state index < -0.39 is 5.41 Å². The molecule has 1 aliphatic heterocycles. The first-order chi connectivity index (χ1) is 18.3. The first-order valence-electron chi connectivity index (χ1n) is 13.4. The maximum Gasteiger partial charge on any atom is 0.0487 e. The van der Waals surface area contributed by atoms with Gasteiger partial charge in [0.2, 0.25) is 0 Å². The SMILES string of the molecule is CC1=C(C)N(c2[c-]c(Oc3[c-]c(C(C)(C)c4cc(C(C)(C)C)ccn4)c4nc(C)c(C)n4c3)ccc2)[CH-]N1C.[Pt]. The van der Waals surface area contributed by atoms with E-state index in [0.29, 0.717) is 11.5 Å². The fourth-order valence-corrected chi connectivity index (χ4v) is 4.92. The number of hydrogen-bond donors (Lipinski definition) is 0. The first kappa shape index (κ1) is 29.9. The number of hydrogen-bond acceptors (Lipinski definition) is 5. The van der Waals surface area contributed by atoms with Crippen molar-refractivity contribution >= 4 is 11.3 Å². The van der Waals surface area contributed by atoms with Crippen LogP contribution in [0.4, 0.5) is 5.69 Å². The predicted octanol–water partition coefficient (Wildman–Crippen LogP) is 7.48. The van der Waals surface area contributed by atoms with Crippen molar-refractivity contribution in [3.63, 3.8) is 0 Å². The molecule has 0 saturated heterocycles. The van der Waals surface area contributed by atoms with E-state index in [9.17, 15) is 0 Å². The fourth-order valence-electron chi connectivity index (χ4n) is 4.92. The zero-order valence-electron chi connectivity index (χ0n) is 25.1. The molecular weight excluding hydrogens is 677 g/mol. The van der Waals surface area contributed by atoms with Crippen LogP contribution in [0.5, 0.6) is 11.5 Å². The maximum atomic E-state index is 6.44. The van der Waals surface area contributed by atoms with Crippen molar-refractivity contribution in [2.45, 2.75) is 73.1 Å². The van der Waals surface area contributed by atoms with Crippen molar-refractivity contribution < 1.29 is 25.8 Å². The van der Waals surface area contributed by atoms with Crippen molar-refractivity contribution in [2.24, 2.45) is 0 Å². The summed E-state index contributed by atoms with van der Waals surface area (Å²) in [6, 6.07) is 17.3. The fraction of sp³-hybridized carbons (Fsp3) is 0.364. The number of pyridine rings is 2. The van der Waals surface area contributed by atoms with Gasteiger partial charge in [0.05, 0.1) is 0 Å². The number of imidazole rings is 1. The predicted molar refractivity (Wildman–Crippen MR) is 157 cm³/mol. The summed E-state index contributed by atoms with van der Waals surface area (Å²) in [6.07, 6.45) is 3.87. The molecule has 0 radical (unpaired) electrons. The number of benzene rings is 1. The molecule has 1 aliphatic rings. The zero-order valence-corrected chi connectivity index (χ0v) is 27.4. The molecule has 0 amide bonds. The Balaban J connectivity index is 0.00000370. The Kier molecular flexibility index (Phi) is 7.99. The summed E-state index contributed by atoms with van der Waals surface area (Å²) in [5, 5.41) is 0. The van der Waals surface area contributed by atoms with Crippen molar-refractivity contribution in [1.82, 2.24) is 19.3 Å². The number of nitrogens with zero attached hydrogens (tertiary/aromatic N) is 5. The second-order valence-corrected chi connectivity index (χ2v) is 12.0. The smallest absolute Gasteiger partial charge is 0.0487 e. The van der Waals surface area contributed by atoms with Crippen LogP contribution < -0.4 is 9.64 Å². The van der Waals surface area contributed by atoms with Gasteiger partial charge >= 0.3 is 0 Å².